The molecule has 0 spiro atoms. The lowest BCUT2D eigenvalue weighted by atomic mass is 10.1. The molecule has 3 heterocycles. The highest BCUT2D eigenvalue weighted by molar-refractivity contribution is 6.00. The summed E-state index contributed by atoms with van der Waals surface area (Å²) in [7, 11) is 1.48. The van der Waals surface area contributed by atoms with E-state index in [1.807, 2.05) is 5.32 Å². The second-order valence-corrected chi connectivity index (χ2v) is 7.88. The van der Waals surface area contributed by atoms with Gasteiger partial charge in [0.05, 0.1) is 36.8 Å². The van der Waals surface area contributed by atoms with Crippen LogP contribution in [0, 0.1) is 5.92 Å². The first-order chi connectivity index (χ1) is 17.2. The summed E-state index contributed by atoms with van der Waals surface area (Å²) in [4.78, 5) is 30.8. The van der Waals surface area contributed by atoms with Gasteiger partial charge in [-0.1, -0.05) is 0 Å². The predicted octanol–water partition coefficient (Wildman–Crippen LogP) is 1.93. The van der Waals surface area contributed by atoms with Crippen molar-refractivity contribution in [3.63, 3.8) is 0 Å². The Labute approximate surface area is 193 Å². The lowest BCUT2D eigenvalue weighted by molar-refractivity contribution is -0.117. The lowest BCUT2D eigenvalue weighted by Gasteiger charge is -2.15. The van der Waals surface area contributed by atoms with E-state index in [1.165, 1.54) is 19.4 Å². The van der Waals surface area contributed by atoms with Crippen molar-refractivity contribution in [3.05, 3.63) is 30.4 Å². The van der Waals surface area contributed by atoms with Crippen LogP contribution in [0.4, 0.5) is 17.2 Å². The maximum Gasteiger partial charge on any atom is 0.273 e. The van der Waals surface area contributed by atoms with Gasteiger partial charge >= 0.3 is 0 Å². The minimum atomic E-state index is -2.73. The first-order valence-electron chi connectivity index (χ1n) is 11.9. The number of methoxy groups -OCH3 is 1. The molecular weight excluding hydrogens is 426 g/mol. The molecule has 2 fully saturated rings. The van der Waals surface area contributed by atoms with E-state index in [4.69, 9.17) is 8.85 Å². The molecular formula is C21H23N9O3. The molecule has 0 aliphatic heterocycles. The van der Waals surface area contributed by atoms with Gasteiger partial charge in [0.1, 0.15) is 11.4 Å². The molecule has 12 nitrogen and oxygen atoms in total. The molecule has 2 amide bonds. The zero-order chi connectivity index (χ0) is 25.4. The van der Waals surface area contributed by atoms with Gasteiger partial charge in [0.25, 0.3) is 5.91 Å². The number of ether oxygens (including phenoxy) is 1. The summed E-state index contributed by atoms with van der Waals surface area (Å²) in [6.45, 7) is -2.73. The zero-order valence-electron chi connectivity index (χ0n) is 20.7. The third-order valence-corrected chi connectivity index (χ3v) is 5.35. The summed E-state index contributed by atoms with van der Waals surface area (Å²) in [6, 6.07) is 1.70. The summed E-state index contributed by atoms with van der Waals surface area (Å²) in [5, 5.41) is 24.2. The van der Waals surface area contributed by atoms with Crippen molar-refractivity contribution in [1.82, 2.24) is 35.5 Å². The lowest BCUT2D eigenvalue weighted by Crippen LogP contribution is -2.22. The minimum Gasteiger partial charge on any atom is -0.494 e. The average molecular weight is 452 g/mol. The fraction of sp³-hybridized carbons (Fsp3) is 0.381. The number of pyridine rings is 1. The van der Waals surface area contributed by atoms with Gasteiger partial charge in [-0.05, 0) is 25.7 Å². The first kappa shape index (κ1) is 17.5. The fourth-order valence-electron chi connectivity index (χ4n) is 3.31. The number of hydrogen-bond donors (Lipinski definition) is 3. The van der Waals surface area contributed by atoms with Gasteiger partial charge in [-0.2, -0.15) is 15.0 Å². The first-order valence-corrected chi connectivity index (χ1v) is 10.4. The molecule has 2 aliphatic rings. The van der Waals surface area contributed by atoms with E-state index >= 15 is 0 Å². The van der Waals surface area contributed by atoms with E-state index in [2.05, 4.69) is 36.0 Å². The molecule has 0 atom stereocenters. The number of carbonyl (C=O) groups is 2. The topological polar surface area (TPSA) is 149 Å². The Balaban J connectivity index is 1.49. The van der Waals surface area contributed by atoms with E-state index in [-0.39, 0.29) is 29.0 Å². The Kier molecular flexibility index (Phi) is 4.47. The van der Waals surface area contributed by atoms with Crippen LogP contribution in [0.2, 0.25) is 0 Å². The Morgan fingerprint density at radius 1 is 1.15 bits per heavy atom. The van der Waals surface area contributed by atoms with E-state index in [0.29, 0.717) is 28.7 Å². The molecule has 12 heteroatoms. The number of carbonyl (C=O) groups excluding carboxylic acids is 2. The summed E-state index contributed by atoms with van der Waals surface area (Å²) in [5.74, 6) is -0.770. The normalized spacial score (nSPS) is 16.8. The van der Waals surface area contributed by atoms with Gasteiger partial charge in [-0.3, -0.25) is 14.6 Å². The van der Waals surface area contributed by atoms with Gasteiger partial charge < -0.3 is 20.7 Å². The SMILES string of the molecule is [2H]C([2H])([2H])NC(=O)c1nnc(NC(=O)C2CC2)cc1Nc1cncc(-c2cnn(C3CC3)n2)c1OC. The van der Waals surface area contributed by atoms with Crippen molar-refractivity contribution in [1.29, 1.82) is 0 Å². The molecule has 0 radical (unpaired) electrons. The van der Waals surface area contributed by atoms with Crippen molar-refractivity contribution in [2.75, 3.05) is 24.7 Å². The maximum absolute atomic E-state index is 12.7. The van der Waals surface area contributed by atoms with Crippen LogP contribution in [0.5, 0.6) is 5.75 Å². The smallest absolute Gasteiger partial charge is 0.273 e. The van der Waals surface area contributed by atoms with Gasteiger partial charge in [0.15, 0.2) is 17.3 Å². The second-order valence-electron chi connectivity index (χ2n) is 7.88. The number of amides is 2. The molecule has 0 bridgehead atoms. The van der Waals surface area contributed by atoms with Gasteiger partial charge in [-0.15, -0.1) is 10.2 Å². The van der Waals surface area contributed by atoms with E-state index in [1.54, 1.807) is 17.2 Å². The molecule has 5 rings (SSSR count). The summed E-state index contributed by atoms with van der Waals surface area (Å²) in [6.07, 6.45) is 8.33. The molecule has 0 unspecified atom stereocenters. The van der Waals surface area contributed by atoms with Gasteiger partial charge in [-0.25, -0.2) is 0 Å². The molecule has 0 aromatic carbocycles. The van der Waals surface area contributed by atoms with Crippen LogP contribution in [0.15, 0.2) is 24.7 Å². The number of nitrogens with zero attached hydrogens (tertiary/aromatic N) is 6. The molecule has 2 aliphatic carbocycles. The number of rotatable bonds is 8. The zero-order valence-corrected chi connectivity index (χ0v) is 17.7. The van der Waals surface area contributed by atoms with Crippen LogP contribution in [0.3, 0.4) is 0 Å². The number of hydrogen-bond acceptors (Lipinski definition) is 9. The van der Waals surface area contributed by atoms with E-state index in [0.717, 1.165) is 25.7 Å². The summed E-state index contributed by atoms with van der Waals surface area (Å²) >= 11 is 0. The van der Waals surface area contributed by atoms with Crippen LogP contribution in [-0.4, -0.2) is 56.1 Å². The number of nitrogens with one attached hydrogen (secondary N) is 3. The molecule has 33 heavy (non-hydrogen) atoms. The molecule has 0 saturated heterocycles. The average Bonchev–Trinajstić information content (AvgIpc) is 3.76. The van der Waals surface area contributed by atoms with Crippen LogP contribution in [0.1, 0.15) is 46.3 Å². The van der Waals surface area contributed by atoms with E-state index < -0.39 is 12.9 Å². The van der Waals surface area contributed by atoms with Crippen molar-refractivity contribution in [2.45, 2.75) is 31.7 Å². The molecule has 3 aromatic rings. The molecule has 2 saturated carbocycles. The number of aromatic nitrogens is 6. The Morgan fingerprint density at radius 2 is 2.00 bits per heavy atom. The van der Waals surface area contributed by atoms with Crippen LogP contribution >= 0.6 is 0 Å². The highest BCUT2D eigenvalue weighted by Gasteiger charge is 2.30. The highest BCUT2D eigenvalue weighted by atomic mass is 16.5. The Bertz CT molecular complexity index is 1320. The van der Waals surface area contributed by atoms with Crippen molar-refractivity contribution in [3.8, 4) is 17.0 Å². The standard InChI is InChI=1S/C21H23N9O3/c1-22-21(32)18-14(7-17(27-28-18)26-20(31)11-3-4-11)25-16-9-23-8-13(19(16)33-2)15-10-24-30(29-15)12-5-6-12/h7-12H,3-6H2,1-2H3,(H,22,32)(H2,25,26,27,31)/i1D3. The van der Waals surface area contributed by atoms with Crippen LogP contribution in [0.25, 0.3) is 11.3 Å². The van der Waals surface area contributed by atoms with E-state index in [9.17, 15) is 9.59 Å². The minimum absolute atomic E-state index is 0.0771. The summed E-state index contributed by atoms with van der Waals surface area (Å²) < 4.78 is 27.7. The predicted molar refractivity (Wildman–Crippen MR) is 118 cm³/mol. The number of anilines is 3. The van der Waals surface area contributed by atoms with Crippen LogP contribution < -0.4 is 20.7 Å². The fourth-order valence-corrected chi connectivity index (χ4v) is 3.31. The monoisotopic (exact) mass is 452 g/mol. The third kappa shape index (κ3) is 4.31. The largest absolute Gasteiger partial charge is 0.494 e. The van der Waals surface area contributed by atoms with Gasteiger partial charge in [0, 0.05) is 29.3 Å². The maximum atomic E-state index is 12.7. The quantitative estimate of drug-likeness (QED) is 0.466. The van der Waals surface area contributed by atoms with Crippen molar-refractivity contribution >= 4 is 29.0 Å². The van der Waals surface area contributed by atoms with Gasteiger partial charge in [0.2, 0.25) is 5.91 Å². The van der Waals surface area contributed by atoms with Crippen molar-refractivity contribution < 1.29 is 18.4 Å². The van der Waals surface area contributed by atoms with Crippen molar-refractivity contribution in [2.24, 2.45) is 5.92 Å². The molecule has 3 aromatic heterocycles. The third-order valence-electron chi connectivity index (χ3n) is 5.35. The Hall–Kier alpha value is -4.09. The van der Waals surface area contributed by atoms with Crippen LogP contribution in [-0.2, 0) is 4.79 Å². The highest BCUT2D eigenvalue weighted by Crippen LogP contribution is 2.38. The molecule has 3 N–H and O–H groups in total. The molecule has 170 valence electrons. The Morgan fingerprint density at radius 3 is 2.73 bits per heavy atom. The second kappa shape index (κ2) is 8.45. The summed E-state index contributed by atoms with van der Waals surface area (Å²) in [5.41, 5.74) is 1.28.